The summed E-state index contributed by atoms with van der Waals surface area (Å²) in [4.78, 5) is 0. The third-order valence-electron chi connectivity index (χ3n) is 12.6. The average molecular weight is 791 g/mol. The fraction of sp³-hybridized carbons (Fsp3) is 0.941. The molecule has 0 aliphatic heterocycles. The van der Waals surface area contributed by atoms with Crippen LogP contribution in [0.3, 0.4) is 0 Å². The van der Waals surface area contributed by atoms with Crippen molar-refractivity contribution in [2.45, 2.75) is 156 Å². The molecule has 4 bridgehead atoms. The normalized spacial score (nSPS) is 36.7. The van der Waals surface area contributed by atoms with Gasteiger partial charge in [-0.15, -0.1) is 0 Å². The molecule has 0 nitrogen and oxygen atoms in total. The van der Waals surface area contributed by atoms with Gasteiger partial charge in [0, 0.05) is 0 Å². The second-order valence-electron chi connectivity index (χ2n) is 15.1. The van der Waals surface area contributed by atoms with Crippen LogP contribution in [0.1, 0.15) is 156 Å². The van der Waals surface area contributed by atoms with Crippen LogP contribution in [0.5, 0.6) is 0 Å². The molecule has 10 fully saturated rings. The van der Waals surface area contributed by atoms with Gasteiger partial charge in [-0.2, -0.15) is 0 Å². The van der Waals surface area contributed by atoms with E-state index in [-0.39, 0.29) is 0 Å². The average Bonchev–Trinajstić information content (AvgIpc) is 3.78. The fourth-order valence-electron chi connectivity index (χ4n) is 9.94. The van der Waals surface area contributed by atoms with Crippen LogP contribution in [0, 0.1) is 58.2 Å². The molecule has 6 heteroatoms. The van der Waals surface area contributed by atoms with Crippen molar-refractivity contribution in [2.75, 3.05) is 0 Å². The van der Waals surface area contributed by atoms with E-state index in [1.165, 1.54) is 103 Å². The molecule has 0 aromatic heterocycles. The van der Waals surface area contributed by atoms with E-state index in [1.54, 1.807) is 25.7 Å². The molecular formula is C34H58Cl4Zr2. The second kappa shape index (κ2) is 18.9. The summed E-state index contributed by atoms with van der Waals surface area (Å²) in [6.45, 7) is 9.99. The third kappa shape index (κ3) is 9.96. The van der Waals surface area contributed by atoms with Crippen molar-refractivity contribution in [2.24, 2.45) is 46.3 Å². The standard InChI is InChI=1S/C12H20.C12H18.2C5H10.4ClH.2Zr/c2*1-12(2)9-6-8-4-3-5-10(8)11(12)7-9;2*1-2-4-5-3-1;;;;;;/h8-11H,3-7H2,1-2H3;9,11H,3-7H2,1-2H3;2*1-5H2;4*1H;;/q;;;;;;;;2*+2/p-4. The Morgan fingerprint density at radius 2 is 1.10 bits per heavy atom. The molecule has 230 valence electrons. The summed E-state index contributed by atoms with van der Waals surface area (Å²) < 4.78 is 0. The van der Waals surface area contributed by atoms with Crippen molar-refractivity contribution in [3.8, 4) is 0 Å². The number of hydrogen-bond donors (Lipinski definition) is 0. The van der Waals surface area contributed by atoms with Crippen LogP contribution >= 0.6 is 34.1 Å². The van der Waals surface area contributed by atoms with Gasteiger partial charge in [0.15, 0.2) is 0 Å². The van der Waals surface area contributed by atoms with E-state index in [9.17, 15) is 0 Å². The minimum absolute atomic E-state index is 0.670. The van der Waals surface area contributed by atoms with Crippen molar-refractivity contribution < 1.29 is 41.7 Å². The van der Waals surface area contributed by atoms with Crippen LogP contribution in [0.15, 0.2) is 0 Å². The van der Waals surface area contributed by atoms with E-state index < -0.39 is 41.7 Å². The molecule has 40 heavy (non-hydrogen) atoms. The van der Waals surface area contributed by atoms with E-state index >= 15 is 0 Å². The van der Waals surface area contributed by atoms with Gasteiger partial charge in [-0.1, -0.05) is 111 Å². The summed E-state index contributed by atoms with van der Waals surface area (Å²) in [7, 11) is 19.7. The molecule has 0 saturated heterocycles. The van der Waals surface area contributed by atoms with E-state index in [2.05, 4.69) is 27.7 Å². The Balaban J connectivity index is 0.000000146. The minimum atomic E-state index is -0.826. The first-order chi connectivity index (χ1) is 19.2. The van der Waals surface area contributed by atoms with Gasteiger partial charge >= 0.3 is 75.7 Å². The first-order valence-corrected chi connectivity index (χ1v) is 29.5. The molecule has 0 heterocycles. The maximum atomic E-state index is 4.93. The molecule has 0 aromatic rings. The van der Waals surface area contributed by atoms with Gasteiger partial charge in [0.1, 0.15) is 0 Å². The third-order valence-corrected chi connectivity index (χ3v) is 12.6. The Bertz CT molecular complexity index is 620. The topological polar surface area (TPSA) is 0 Å². The zero-order chi connectivity index (χ0) is 29.2. The van der Waals surface area contributed by atoms with Gasteiger partial charge in [0.2, 0.25) is 0 Å². The molecule has 2 radical (unpaired) electrons. The van der Waals surface area contributed by atoms with Crippen molar-refractivity contribution in [1.29, 1.82) is 0 Å². The van der Waals surface area contributed by atoms with Crippen LogP contribution in [0.2, 0.25) is 0 Å². The summed E-state index contributed by atoms with van der Waals surface area (Å²) in [6.07, 6.45) is 30.1. The van der Waals surface area contributed by atoms with Gasteiger partial charge in [-0.05, 0) is 103 Å². The number of rotatable bonds is 0. The van der Waals surface area contributed by atoms with Gasteiger partial charge in [-0.3, -0.25) is 0 Å². The number of hydrogen-bond acceptors (Lipinski definition) is 0. The zero-order valence-corrected chi connectivity index (χ0v) is 34.1. The Hall–Kier alpha value is 2.93. The van der Waals surface area contributed by atoms with E-state index in [1.807, 2.05) is 11.8 Å². The molecule has 0 N–H and O–H groups in total. The summed E-state index contributed by atoms with van der Waals surface area (Å²) in [5.41, 5.74) is 1.40. The molecule has 6 atom stereocenters. The van der Waals surface area contributed by atoms with E-state index in [0.29, 0.717) is 5.41 Å². The van der Waals surface area contributed by atoms with Crippen molar-refractivity contribution in [3.63, 3.8) is 0 Å². The molecule has 10 aliphatic carbocycles. The molecule has 0 spiro atoms. The molecule has 0 amide bonds. The summed E-state index contributed by atoms with van der Waals surface area (Å²) in [5, 5.41) is 0. The molecule has 10 saturated carbocycles. The van der Waals surface area contributed by atoms with Gasteiger partial charge < -0.3 is 0 Å². The summed E-state index contributed by atoms with van der Waals surface area (Å²) in [6, 6.07) is 0. The predicted octanol–water partition coefficient (Wildman–Crippen LogP) is 13.5. The number of halogens is 4. The van der Waals surface area contributed by atoms with Crippen LogP contribution in [0.25, 0.3) is 0 Å². The zero-order valence-electron chi connectivity index (χ0n) is 26.1. The Labute approximate surface area is 287 Å². The van der Waals surface area contributed by atoms with Crippen molar-refractivity contribution in [3.05, 3.63) is 11.8 Å². The second-order valence-corrected chi connectivity index (χ2v) is 22.6. The molecular weight excluding hydrogens is 733 g/mol. The molecule has 10 rings (SSSR count). The molecule has 6 unspecified atom stereocenters. The van der Waals surface area contributed by atoms with Crippen LogP contribution in [-0.4, -0.2) is 0 Å². The van der Waals surface area contributed by atoms with Crippen molar-refractivity contribution >= 4 is 34.1 Å². The van der Waals surface area contributed by atoms with Gasteiger partial charge in [-0.25, -0.2) is 0 Å². The van der Waals surface area contributed by atoms with Crippen LogP contribution < -0.4 is 0 Å². The predicted molar refractivity (Wildman–Crippen MR) is 171 cm³/mol. The van der Waals surface area contributed by atoms with Crippen LogP contribution in [0.4, 0.5) is 0 Å². The van der Waals surface area contributed by atoms with Crippen LogP contribution in [-0.2, 0) is 41.7 Å². The van der Waals surface area contributed by atoms with Crippen molar-refractivity contribution in [1.82, 2.24) is 0 Å². The quantitative estimate of drug-likeness (QED) is 0.229. The summed E-state index contributed by atoms with van der Waals surface area (Å²) in [5.74, 6) is 10.3. The van der Waals surface area contributed by atoms with E-state index in [4.69, 9.17) is 34.1 Å². The monoisotopic (exact) mass is 786 g/mol. The molecule has 10 aliphatic rings. The van der Waals surface area contributed by atoms with E-state index in [0.717, 1.165) is 40.9 Å². The molecule has 0 aromatic carbocycles. The Kier molecular flexibility index (Phi) is 17.7. The SMILES string of the molecule is C1CCCC1.C1CCCC1.CC1(C)C2CC3CCCC3C1C2.CC1(C)C2C[C]3CCC[C]3C1C2.[Cl][Zr][Cl].[Cl][Zr][Cl]. The first kappa shape index (κ1) is 37.4. The fourth-order valence-corrected chi connectivity index (χ4v) is 9.94. The summed E-state index contributed by atoms with van der Waals surface area (Å²) >= 11 is -1.65. The Morgan fingerprint density at radius 1 is 0.575 bits per heavy atom. The van der Waals surface area contributed by atoms with Gasteiger partial charge in [0.25, 0.3) is 0 Å². The maximum absolute atomic E-state index is 4.93. The first-order valence-electron chi connectivity index (χ1n) is 16.9. The Morgan fingerprint density at radius 3 is 1.57 bits per heavy atom. The van der Waals surface area contributed by atoms with Gasteiger partial charge in [0.05, 0.1) is 0 Å².